The van der Waals surface area contributed by atoms with Gasteiger partial charge in [-0.05, 0) is 130 Å². The molecule has 1 aliphatic carbocycles. The number of fused-ring (bicyclic) bond motifs is 2. The number of carbonyl (C=O) groups excluding carboxylic acids is 2. The maximum absolute atomic E-state index is 13.4. The van der Waals surface area contributed by atoms with Crippen LogP contribution in [0.2, 0.25) is 0 Å². The fourth-order valence-corrected chi connectivity index (χ4v) is 9.98. The van der Waals surface area contributed by atoms with Crippen molar-refractivity contribution >= 4 is 89.0 Å². The average molecular weight is 995 g/mol. The van der Waals surface area contributed by atoms with Crippen molar-refractivity contribution in [3.63, 3.8) is 0 Å². The largest absolute Gasteiger partial charge is 0.478 e. The predicted molar refractivity (Wildman–Crippen MR) is 273 cm³/mol. The Morgan fingerprint density at radius 1 is 0.535 bits per heavy atom. The zero-order chi connectivity index (χ0) is 51.1. The number of nitrogens with zero attached hydrogens (tertiary/aromatic N) is 1. The molecule has 0 radical (unpaired) electrons. The summed E-state index contributed by atoms with van der Waals surface area (Å²) in [4.78, 5) is 41.5. The minimum Gasteiger partial charge on any atom is -0.478 e. The Balaban J connectivity index is 1.28. The van der Waals surface area contributed by atoms with Crippen molar-refractivity contribution in [2.24, 2.45) is 4.99 Å². The third-order valence-electron chi connectivity index (χ3n) is 11.8. The second-order valence-electron chi connectivity index (χ2n) is 16.8. The fraction of sp³-hybridized carbons (Fsp3) is 0.115. The predicted octanol–water partition coefficient (Wildman–Crippen LogP) is 11.5. The number of para-hydroxylation sites is 1. The Kier molecular flexibility index (Phi) is 13.3. The van der Waals surface area contributed by atoms with Crippen molar-refractivity contribution in [1.29, 1.82) is 0 Å². The van der Waals surface area contributed by atoms with E-state index in [0.29, 0.717) is 50.5 Å². The molecule has 19 heteroatoms. The van der Waals surface area contributed by atoms with Crippen LogP contribution in [0.25, 0.3) is 33.4 Å². The number of aryl methyl sites for hydroxylation is 4. The number of benzene rings is 7. The normalized spacial score (nSPS) is 11.9. The molecule has 6 aromatic rings. The van der Waals surface area contributed by atoms with Gasteiger partial charge in [0.1, 0.15) is 21.1 Å². The van der Waals surface area contributed by atoms with Crippen molar-refractivity contribution in [2.75, 3.05) is 26.6 Å². The van der Waals surface area contributed by atoms with Gasteiger partial charge in [-0.25, -0.2) is 19.4 Å². The third-order valence-corrected chi connectivity index (χ3v) is 13.6. The molecule has 17 nitrogen and oxygen atoms in total. The molecule has 0 saturated carbocycles. The summed E-state index contributed by atoms with van der Waals surface area (Å²) >= 11 is 0. The van der Waals surface area contributed by atoms with Crippen LogP contribution in [0, 0.1) is 41.5 Å². The van der Waals surface area contributed by atoms with Crippen LogP contribution in [0.3, 0.4) is 0 Å². The molecular formula is C52H46N6O11S2. The Labute approximate surface area is 408 Å². The number of carboxylic acids is 1. The van der Waals surface area contributed by atoms with Gasteiger partial charge in [0.25, 0.3) is 20.2 Å². The number of carbonyl (C=O) groups is 3. The number of hydrogen-bond donors (Lipinski definition) is 8. The van der Waals surface area contributed by atoms with Crippen molar-refractivity contribution in [3.05, 3.63) is 166 Å². The lowest BCUT2D eigenvalue weighted by molar-refractivity contribution is 0.0696. The Morgan fingerprint density at radius 3 is 1.79 bits per heavy atom. The summed E-state index contributed by atoms with van der Waals surface area (Å²) < 4.78 is 80.3. The van der Waals surface area contributed by atoms with Gasteiger partial charge in [-0.2, -0.15) is 16.8 Å². The van der Waals surface area contributed by atoms with E-state index in [0.717, 1.165) is 22.8 Å². The monoisotopic (exact) mass is 994 g/mol. The zero-order valence-corrected chi connectivity index (χ0v) is 40.6. The van der Waals surface area contributed by atoms with Gasteiger partial charge < -0.3 is 36.1 Å². The number of carboxylic acid groups (broad SMARTS) is 1. The number of anilines is 6. The van der Waals surface area contributed by atoms with Gasteiger partial charge in [-0.15, -0.1) is 0 Å². The fourth-order valence-electron chi connectivity index (χ4n) is 8.64. The first kappa shape index (κ1) is 49.1. The molecule has 8 N–H and O–H groups in total. The summed E-state index contributed by atoms with van der Waals surface area (Å²) in [5.74, 6) is -1.17. The smallest absolute Gasteiger partial charge is 0.335 e. The zero-order valence-electron chi connectivity index (χ0n) is 38.9. The van der Waals surface area contributed by atoms with E-state index in [1.807, 2.05) is 45.0 Å². The number of amides is 4. The SMILES string of the molecule is Cc1cc(C)c(NC(=O)Nc2cccc(C(=O)O)c2)c(C)c1/N=c1/cc2oc3cc(Nc4c(C)cc(C)c(NC(=O)Nc5ccccc5)c4C)ccc3c(-c3ccccc3S(=O)(=O)O)c-2cc1S(=O)(=O)O. The van der Waals surface area contributed by atoms with E-state index in [2.05, 4.69) is 26.6 Å². The molecule has 0 atom stereocenters. The molecule has 0 spiro atoms. The third kappa shape index (κ3) is 10.3. The van der Waals surface area contributed by atoms with Gasteiger partial charge in [-0.1, -0.05) is 54.6 Å². The van der Waals surface area contributed by atoms with Gasteiger partial charge in [0.15, 0.2) is 0 Å². The average Bonchev–Trinajstić information content (AvgIpc) is 3.30. The summed E-state index contributed by atoms with van der Waals surface area (Å²) in [6.07, 6.45) is 0. The van der Waals surface area contributed by atoms with Crippen LogP contribution in [-0.2, 0) is 20.2 Å². The first-order chi connectivity index (χ1) is 33.6. The van der Waals surface area contributed by atoms with Crippen LogP contribution in [0.1, 0.15) is 43.7 Å². The summed E-state index contributed by atoms with van der Waals surface area (Å²) in [7, 11) is -9.96. The molecule has 6 aromatic carbocycles. The van der Waals surface area contributed by atoms with E-state index in [4.69, 9.17) is 9.41 Å². The minimum atomic E-state index is -5.09. The van der Waals surface area contributed by atoms with Crippen molar-refractivity contribution < 1.29 is 49.8 Å². The number of aromatic carboxylic acids is 1. The Hall–Kier alpha value is -8.36. The van der Waals surface area contributed by atoms with Gasteiger partial charge in [0.2, 0.25) is 0 Å². The highest BCUT2D eigenvalue weighted by Crippen LogP contribution is 2.44. The van der Waals surface area contributed by atoms with Crippen LogP contribution in [-0.4, -0.2) is 49.1 Å². The molecule has 1 aliphatic heterocycles. The summed E-state index contributed by atoms with van der Waals surface area (Å²) in [5, 5.41) is 24.1. The highest BCUT2D eigenvalue weighted by Gasteiger charge is 2.27. The number of nitrogens with one attached hydrogen (secondary N) is 5. The molecular weight excluding hydrogens is 949 g/mol. The molecule has 4 amide bonds. The van der Waals surface area contributed by atoms with E-state index in [-0.39, 0.29) is 50.3 Å². The second-order valence-corrected chi connectivity index (χ2v) is 19.6. The summed E-state index contributed by atoms with van der Waals surface area (Å²) in [6.45, 7) is 10.8. The number of urea groups is 2. The highest BCUT2D eigenvalue weighted by atomic mass is 32.2. The first-order valence-electron chi connectivity index (χ1n) is 21.7. The van der Waals surface area contributed by atoms with Gasteiger partial charge in [0.05, 0.1) is 28.0 Å². The van der Waals surface area contributed by atoms with Crippen molar-refractivity contribution in [1.82, 2.24) is 0 Å². The van der Waals surface area contributed by atoms with Crippen molar-refractivity contribution in [3.8, 4) is 22.5 Å². The lowest BCUT2D eigenvalue weighted by Crippen LogP contribution is -2.21. The van der Waals surface area contributed by atoms with E-state index >= 15 is 0 Å². The molecule has 0 saturated heterocycles. The van der Waals surface area contributed by atoms with Gasteiger partial charge in [-0.3, -0.25) is 9.11 Å². The Bertz CT molecular complexity index is 3780. The van der Waals surface area contributed by atoms with Crippen LogP contribution < -0.4 is 31.9 Å². The molecule has 0 fully saturated rings. The standard InChI is InChI=1S/C52H46N6O11S2/c1-27-21-29(3)48(57-51(61)54-34-14-8-7-9-15-34)31(5)46(27)53-36-19-20-37-41(24-36)69-42-26-40(44(71(66,67)68)25-39(42)45(37)38-17-10-11-18-43(38)70(63,64)65)56-47-28(2)22-30(4)49(32(47)6)58-52(62)55-35-16-12-13-33(23-35)50(59)60/h7-26,53H,1-6H3,(H,59,60)(H2,54,57,61)(H2,55,58,62)(H,63,64,65)(H,66,67,68)/b56-40-. The van der Waals surface area contributed by atoms with Crippen LogP contribution in [0.15, 0.2) is 141 Å². The molecule has 0 bridgehead atoms. The first-order valence-corrected chi connectivity index (χ1v) is 24.6. The maximum atomic E-state index is 13.4. The lowest BCUT2D eigenvalue weighted by Gasteiger charge is -2.21. The molecule has 0 unspecified atom stereocenters. The molecule has 362 valence electrons. The van der Waals surface area contributed by atoms with E-state index in [1.54, 1.807) is 63.2 Å². The van der Waals surface area contributed by atoms with Crippen LogP contribution in [0.4, 0.5) is 49.4 Å². The molecule has 71 heavy (non-hydrogen) atoms. The molecule has 1 heterocycles. The molecule has 8 rings (SSSR count). The summed E-state index contributed by atoms with van der Waals surface area (Å²) in [6, 6.07) is 30.2. The molecule has 0 aromatic heterocycles. The Morgan fingerprint density at radius 2 is 1.13 bits per heavy atom. The van der Waals surface area contributed by atoms with Gasteiger partial charge in [0, 0.05) is 57.0 Å². The van der Waals surface area contributed by atoms with Gasteiger partial charge >= 0.3 is 18.0 Å². The maximum Gasteiger partial charge on any atom is 0.335 e. The minimum absolute atomic E-state index is 0.00304. The van der Waals surface area contributed by atoms with Crippen molar-refractivity contribution in [2.45, 2.75) is 51.3 Å². The van der Waals surface area contributed by atoms with Crippen LogP contribution in [0.5, 0.6) is 0 Å². The number of rotatable bonds is 11. The summed E-state index contributed by atoms with van der Waals surface area (Å²) in [5.41, 5.74) is 7.42. The highest BCUT2D eigenvalue weighted by molar-refractivity contribution is 7.86. The lowest BCUT2D eigenvalue weighted by atomic mass is 9.93. The quantitative estimate of drug-likeness (QED) is 0.0444. The van der Waals surface area contributed by atoms with E-state index < -0.39 is 48.1 Å². The topological polar surface area (TPSA) is 266 Å². The number of hydrogen-bond acceptors (Lipinski definition) is 10. The van der Waals surface area contributed by atoms with Crippen LogP contribution >= 0.6 is 0 Å². The van der Waals surface area contributed by atoms with E-state index in [9.17, 15) is 45.4 Å². The second kappa shape index (κ2) is 19.2. The molecule has 2 aliphatic rings. The van der Waals surface area contributed by atoms with E-state index in [1.165, 1.54) is 48.5 Å².